The Labute approximate surface area is 187 Å². The number of hydrogen-bond acceptors (Lipinski definition) is 6. The summed E-state index contributed by atoms with van der Waals surface area (Å²) < 4.78 is 5.09. The number of amides is 3. The highest BCUT2D eigenvalue weighted by molar-refractivity contribution is 6.04. The molecule has 2 aromatic rings. The summed E-state index contributed by atoms with van der Waals surface area (Å²) in [5.41, 5.74) is 1.43. The Balaban J connectivity index is 1.26. The number of para-hydroxylation sites is 2. The highest BCUT2D eigenvalue weighted by Crippen LogP contribution is 2.31. The van der Waals surface area contributed by atoms with Crippen molar-refractivity contribution >= 4 is 29.1 Å². The molecular weight excluding hydrogens is 410 g/mol. The molecule has 32 heavy (non-hydrogen) atoms. The fourth-order valence-electron chi connectivity index (χ4n) is 4.23. The van der Waals surface area contributed by atoms with Gasteiger partial charge in [0.15, 0.2) is 5.76 Å². The van der Waals surface area contributed by atoms with Gasteiger partial charge in [-0.3, -0.25) is 24.2 Å². The number of benzene rings is 1. The first-order valence-electron chi connectivity index (χ1n) is 11.0. The third-order valence-corrected chi connectivity index (χ3v) is 5.91. The first kappa shape index (κ1) is 22.0. The quantitative estimate of drug-likeness (QED) is 0.706. The van der Waals surface area contributed by atoms with Crippen LogP contribution in [-0.2, 0) is 9.59 Å². The molecule has 0 spiro atoms. The average molecular weight is 440 g/mol. The second-order valence-corrected chi connectivity index (χ2v) is 8.23. The Morgan fingerprint density at radius 3 is 2.59 bits per heavy atom. The standard InChI is InChI=1S/C23H29N5O4/c1-17-15-21(29)25-18-5-2-3-6-19(18)28(17)22(30)16-27-12-10-26(11-13-27)9-8-24-23(31)20-7-4-14-32-20/h2-7,14,17H,8-13,15-16H2,1H3,(H,24,31)(H,25,29). The number of anilines is 2. The molecular formula is C23H29N5O4. The zero-order valence-corrected chi connectivity index (χ0v) is 18.3. The molecule has 9 heteroatoms. The Hall–Kier alpha value is -3.17. The molecule has 1 saturated heterocycles. The lowest BCUT2D eigenvalue weighted by molar-refractivity contribution is -0.120. The molecule has 1 fully saturated rings. The van der Waals surface area contributed by atoms with E-state index in [4.69, 9.17) is 4.42 Å². The van der Waals surface area contributed by atoms with Crippen LogP contribution >= 0.6 is 0 Å². The number of nitrogens with zero attached hydrogens (tertiary/aromatic N) is 3. The van der Waals surface area contributed by atoms with Crippen LogP contribution in [0.3, 0.4) is 0 Å². The maximum atomic E-state index is 13.2. The summed E-state index contributed by atoms with van der Waals surface area (Å²) in [6, 6.07) is 10.6. The monoisotopic (exact) mass is 439 g/mol. The van der Waals surface area contributed by atoms with Gasteiger partial charge in [0.05, 0.1) is 24.2 Å². The van der Waals surface area contributed by atoms with Crippen LogP contribution in [0.4, 0.5) is 11.4 Å². The number of hydrogen-bond donors (Lipinski definition) is 2. The summed E-state index contributed by atoms with van der Waals surface area (Å²) in [5, 5.41) is 5.75. The number of furan rings is 1. The Morgan fingerprint density at radius 2 is 1.84 bits per heavy atom. The fourth-order valence-corrected chi connectivity index (χ4v) is 4.23. The van der Waals surface area contributed by atoms with Gasteiger partial charge in [0.25, 0.3) is 5.91 Å². The van der Waals surface area contributed by atoms with Crippen LogP contribution in [-0.4, -0.2) is 79.4 Å². The predicted octanol–water partition coefficient (Wildman–Crippen LogP) is 1.39. The van der Waals surface area contributed by atoms with E-state index >= 15 is 0 Å². The number of fused-ring (bicyclic) bond motifs is 1. The van der Waals surface area contributed by atoms with Crippen LogP contribution < -0.4 is 15.5 Å². The van der Waals surface area contributed by atoms with E-state index in [1.54, 1.807) is 17.0 Å². The zero-order chi connectivity index (χ0) is 22.5. The number of carbonyl (C=O) groups is 3. The molecule has 1 atom stereocenters. The minimum Gasteiger partial charge on any atom is -0.459 e. The molecule has 0 saturated carbocycles. The maximum absolute atomic E-state index is 13.2. The second kappa shape index (κ2) is 9.97. The third-order valence-electron chi connectivity index (χ3n) is 5.91. The summed E-state index contributed by atoms with van der Waals surface area (Å²) in [5.74, 6) is 0.0298. The van der Waals surface area contributed by atoms with Gasteiger partial charge in [0.2, 0.25) is 11.8 Å². The van der Waals surface area contributed by atoms with Crippen LogP contribution in [0.5, 0.6) is 0 Å². The molecule has 1 aromatic carbocycles. The summed E-state index contributed by atoms with van der Waals surface area (Å²) in [6.45, 7) is 6.73. The normalized spacial score (nSPS) is 19.7. The van der Waals surface area contributed by atoms with Crippen LogP contribution in [0.1, 0.15) is 23.9 Å². The number of nitrogens with one attached hydrogen (secondary N) is 2. The van der Waals surface area contributed by atoms with Gasteiger partial charge >= 0.3 is 0 Å². The van der Waals surface area contributed by atoms with E-state index in [-0.39, 0.29) is 30.2 Å². The van der Waals surface area contributed by atoms with Crippen molar-refractivity contribution in [2.75, 3.05) is 56.0 Å². The van der Waals surface area contributed by atoms with Crippen LogP contribution in [0, 0.1) is 0 Å². The van der Waals surface area contributed by atoms with Gasteiger partial charge < -0.3 is 20.0 Å². The SMILES string of the molecule is CC1CC(=O)Nc2ccccc2N1C(=O)CN1CCN(CCNC(=O)c2ccco2)CC1. The van der Waals surface area contributed by atoms with E-state index in [1.807, 2.05) is 31.2 Å². The lowest BCUT2D eigenvalue weighted by atomic mass is 10.1. The third kappa shape index (κ3) is 5.17. The van der Waals surface area contributed by atoms with Crippen LogP contribution in [0.25, 0.3) is 0 Å². The minimum absolute atomic E-state index is 0.000566. The van der Waals surface area contributed by atoms with E-state index in [0.717, 1.165) is 38.4 Å². The molecule has 1 aromatic heterocycles. The molecule has 1 unspecified atom stereocenters. The largest absolute Gasteiger partial charge is 0.459 e. The molecule has 2 aliphatic rings. The molecule has 2 aliphatic heterocycles. The minimum atomic E-state index is -0.209. The first-order chi connectivity index (χ1) is 15.5. The molecule has 3 heterocycles. The van der Waals surface area contributed by atoms with E-state index in [1.165, 1.54) is 6.26 Å². The van der Waals surface area contributed by atoms with Crippen LogP contribution in [0.2, 0.25) is 0 Å². The van der Waals surface area contributed by atoms with Crippen molar-refractivity contribution in [3.63, 3.8) is 0 Å². The fraction of sp³-hybridized carbons (Fsp3) is 0.435. The Bertz CT molecular complexity index is 953. The number of carbonyl (C=O) groups excluding carboxylic acids is 3. The lowest BCUT2D eigenvalue weighted by Gasteiger charge is -2.36. The van der Waals surface area contributed by atoms with Gasteiger partial charge in [-0.15, -0.1) is 0 Å². The van der Waals surface area contributed by atoms with Crippen molar-refractivity contribution in [1.82, 2.24) is 15.1 Å². The highest BCUT2D eigenvalue weighted by atomic mass is 16.3. The van der Waals surface area contributed by atoms with Crippen molar-refractivity contribution in [3.8, 4) is 0 Å². The Morgan fingerprint density at radius 1 is 1.09 bits per heavy atom. The Kier molecular flexibility index (Phi) is 6.87. The van der Waals surface area contributed by atoms with Gasteiger partial charge in [-0.1, -0.05) is 12.1 Å². The molecule has 9 nitrogen and oxygen atoms in total. The van der Waals surface area contributed by atoms with Crippen molar-refractivity contribution in [1.29, 1.82) is 0 Å². The van der Waals surface area contributed by atoms with E-state index in [9.17, 15) is 14.4 Å². The zero-order valence-electron chi connectivity index (χ0n) is 18.3. The predicted molar refractivity (Wildman–Crippen MR) is 121 cm³/mol. The van der Waals surface area contributed by atoms with Crippen molar-refractivity contribution in [2.45, 2.75) is 19.4 Å². The summed E-state index contributed by atoms with van der Waals surface area (Å²) in [4.78, 5) is 43.5. The van der Waals surface area contributed by atoms with Crippen molar-refractivity contribution in [3.05, 3.63) is 48.4 Å². The van der Waals surface area contributed by atoms with Gasteiger partial charge in [0.1, 0.15) is 0 Å². The smallest absolute Gasteiger partial charge is 0.287 e. The molecule has 3 amide bonds. The maximum Gasteiger partial charge on any atom is 0.287 e. The first-order valence-corrected chi connectivity index (χ1v) is 11.0. The van der Waals surface area contributed by atoms with Gasteiger partial charge in [-0.2, -0.15) is 0 Å². The number of piperazine rings is 1. The lowest BCUT2D eigenvalue weighted by Crippen LogP contribution is -2.52. The van der Waals surface area contributed by atoms with Gasteiger partial charge in [-0.05, 0) is 31.2 Å². The van der Waals surface area contributed by atoms with Crippen LogP contribution in [0.15, 0.2) is 47.1 Å². The van der Waals surface area contributed by atoms with Crippen molar-refractivity contribution in [2.24, 2.45) is 0 Å². The second-order valence-electron chi connectivity index (χ2n) is 8.23. The van der Waals surface area contributed by atoms with Crippen molar-refractivity contribution < 1.29 is 18.8 Å². The number of rotatable bonds is 6. The van der Waals surface area contributed by atoms with E-state index in [2.05, 4.69) is 20.4 Å². The molecule has 170 valence electrons. The molecule has 0 bridgehead atoms. The average Bonchev–Trinajstić information content (AvgIpc) is 3.27. The molecule has 2 N–H and O–H groups in total. The van der Waals surface area contributed by atoms with Gasteiger partial charge in [-0.25, -0.2) is 0 Å². The summed E-state index contributed by atoms with van der Waals surface area (Å²) in [6.07, 6.45) is 1.76. The highest BCUT2D eigenvalue weighted by Gasteiger charge is 2.31. The molecule has 4 rings (SSSR count). The summed E-state index contributed by atoms with van der Waals surface area (Å²) >= 11 is 0. The van der Waals surface area contributed by atoms with Gasteiger partial charge in [0, 0.05) is 51.7 Å². The van der Waals surface area contributed by atoms with E-state index in [0.29, 0.717) is 24.5 Å². The molecule has 0 radical (unpaired) electrons. The van der Waals surface area contributed by atoms with E-state index < -0.39 is 0 Å². The molecule has 0 aliphatic carbocycles. The topological polar surface area (TPSA) is 98.1 Å². The summed E-state index contributed by atoms with van der Waals surface area (Å²) in [7, 11) is 0.